The molecule has 0 amide bonds. The van der Waals surface area contributed by atoms with Gasteiger partial charge in [0.1, 0.15) is 0 Å². The summed E-state index contributed by atoms with van der Waals surface area (Å²) in [6.45, 7) is 2.20. The number of hydrogen-bond donors (Lipinski definition) is 1. The molecule has 0 aromatic carbocycles. The topological polar surface area (TPSA) is 54.4 Å². The summed E-state index contributed by atoms with van der Waals surface area (Å²) in [5, 5.41) is 8.58. The summed E-state index contributed by atoms with van der Waals surface area (Å²) in [5.41, 5.74) is 0.965. The van der Waals surface area contributed by atoms with Crippen LogP contribution in [-0.4, -0.2) is 16.9 Å². The first-order valence-electron chi connectivity index (χ1n) is 8.91. The lowest BCUT2D eigenvalue weighted by atomic mass is 9.97. The van der Waals surface area contributed by atoms with E-state index in [9.17, 15) is 9.59 Å². The molecule has 1 saturated carbocycles. The van der Waals surface area contributed by atoms with Gasteiger partial charge < -0.3 is 5.11 Å². The second-order valence-electron chi connectivity index (χ2n) is 6.20. The molecule has 1 rings (SSSR count). The van der Waals surface area contributed by atoms with Gasteiger partial charge in [-0.15, -0.1) is 0 Å². The average Bonchev–Trinajstić information content (AvgIpc) is 2.86. The summed E-state index contributed by atoms with van der Waals surface area (Å²) in [7, 11) is 0. The number of carbonyl (C=O) groups excluding carboxylic acids is 1. The Labute approximate surface area is 140 Å². The van der Waals surface area contributed by atoms with Crippen LogP contribution in [0.3, 0.4) is 0 Å². The van der Waals surface area contributed by atoms with Crippen molar-refractivity contribution in [2.45, 2.75) is 71.1 Å². The molecule has 128 valence electrons. The molecule has 1 aliphatic carbocycles. The van der Waals surface area contributed by atoms with Crippen molar-refractivity contribution in [3.63, 3.8) is 0 Å². The minimum atomic E-state index is -0.740. The second-order valence-corrected chi connectivity index (χ2v) is 6.20. The third-order valence-electron chi connectivity index (χ3n) is 4.22. The van der Waals surface area contributed by atoms with Gasteiger partial charge in [-0.1, -0.05) is 50.1 Å². The lowest BCUT2D eigenvalue weighted by Gasteiger charge is -2.06. The van der Waals surface area contributed by atoms with Crippen molar-refractivity contribution in [3.8, 4) is 0 Å². The summed E-state index contributed by atoms with van der Waals surface area (Å²) in [5.74, 6) is -0.123. The highest BCUT2D eigenvalue weighted by atomic mass is 16.4. The Morgan fingerprint density at radius 2 is 1.96 bits per heavy atom. The monoisotopic (exact) mass is 318 g/mol. The van der Waals surface area contributed by atoms with Gasteiger partial charge in [0.2, 0.25) is 0 Å². The van der Waals surface area contributed by atoms with Crippen LogP contribution in [0.2, 0.25) is 0 Å². The van der Waals surface area contributed by atoms with E-state index in [4.69, 9.17) is 5.11 Å². The summed E-state index contributed by atoms with van der Waals surface area (Å²) in [6.07, 6.45) is 19.3. The Bertz CT molecular complexity index is 458. The maximum atomic E-state index is 12.0. The van der Waals surface area contributed by atoms with Gasteiger partial charge in [-0.2, -0.15) is 0 Å². The molecule has 1 atom stereocenters. The Kier molecular flexibility index (Phi) is 10.0. The highest BCUT2D eigenvalue weighted by Crippen LogP contribution is 2.31. The first-order valence-corrected chi connectivity index (χ1v) is 8.91. The molecule has 0 bridgehead atoms. The average molecular weight is 318 g/mol. The number of carboxylic acids is 1. The molecule has 23 heavy (non-hydrogen) atoms. The smallest absolute Gasteiger partial charge is 0.303 e. The zero-order chi connectivity index (χ0) is 16.9. The number of unbranched alkanes of at least 4 members (excludes halogenated alkanes) is 4. The molecular formula is C20H30O3. The molecule has 0 saturated heterocycles. The molecule has 0 aromatic rings. The molecule has 1 aliphatic rings. The van der Waals surface area contributed by atoms with Crippen molar-refractivity contribution in [1.82, 2.24) is 0 Å². The van der Waals surface area contributed by atoms with E-state index in [0.717, 1.165) is 31.3 Å². The minimum Gasteiger partial charge on any atom is -0.481 e. The van der Waals surface area contributed by atoms with Gasteiger partial charge >= 0.3 is 5.97 Å². The van der Waals surface area contributed by atoms with Crippen molar-refractivity contribution >= 4 is 11.8 Å². The molecule has 0 heterocycles. The van der Waals surface area contributed by atoms with Crippen molar-refractivity contribution in [1.29, 1.82) is 0 Å². The van der Waals surface area contributed by atoms with E-state index in [2.05, 4.69) is 19.1 Å². The predicted molar refractivity (Wildman–Crippen MR) is 94.3 cm³/mol. The molecule has 3 nitrogen and oxygen atoms in total. The standard InChI is InChI=1S/C20H30O3/c1-2-3-4-5-6-10-13-18-17(15-16-19(18)21)12-9-7-8-11-14-20(22)23/h6-7,9-10,13,17H,2-5,8,11-12,14-16H2,1H3,(H,22,23)/b9-7-,10-6+,18-13+. The molecule has 1 unspecified atom stereocenters. The van der Waals surface area contributed by atoms with Crippen LogP contribution >= 0.6 is 0 Å². The number of ketones is 1. The number of hydrogen-bond acceptors (Lipinski definition) is 2. The second kappa shape index (κ2) is 11.9. The number of Topliss-reactive ketones (excluding diaryl/α,β-unsaturated/α-hetero) is 1. The fourth-order valence-electron chi connectivity index (χ4n) is 2.84. The number of carboxylic acid groups (broad SMARTS) is 1. The summed E-state index contributed by atoms with van der Waals surface area (Å²) >= 11 is 0. The lowest BCUT2D eigenvalue weighted by molar-refractivity contribution is -0.137. The predicted octanol–water partition coefficient (Wildman–Crippen LogP) is 5.23. The van der Waals surface area contributed by atoms with E-state index in [1.165, 1.54) is 19.3 Å². The first-order chi connectivity index (χ1) is 11.1. The van der Waals surface area contributed by atoms with Crippen LogP contribution in [0.4, 0.5) is 0 Å². The number of allylic oxidation sites excluding steroid dienone is 6. The first kappa shape index (κ1) is 19.4. The molecule has 0 radical (unpaired) electrons. The SMILES string of the molecule is CCCCC/C=C/C=C1/C(=O)CCC1C/C=C\CCCC(=O)O. The van der Waals surface area contributed by atoms with Gasteiger partial charge in [0.05, 0.1) is 0 Å². The Morgan fingerprint density at radius 3 is 2.70 bits per heavy atom. The molecule has 0 aromatic heterocycles. The highest BCUT2D eigenvalue weighted by molar-refractivity contribution is 5.98. The zero-order valence-electron chi connectivity index (χ0n) is 14.3. The Hall–Kier alpha value is -1.64. The highest BCUT2D eigenvalue weighted by Gasteiger charge is 2.26. The van der Waals surface area contributed by atoms with Crippen molar-refractivity contribution in [2.75, 3.05) is 0 Å². The molecule has 1 N–H and O–H groups in total. The van der Waals surface area contributed by atoms with E-state index in [1.807, 2.05) is 18.2 Å². The normalized spacial score (nSPS) is 20.3. The van der Waals surface area contributed by atoms with Crippen LogP contribution in [0.1, 0.15) is 71.1 Å². The molecule has 0 aliphatic heterocycles. The maximum absolute atomic E-state index is 12.0. The Morgan fingerprint density at radius 1 is 1.17 bits per heavy atom. The fourth-order valence-corrected chi connectivity index (χ4v) is 2.84. The number of carbonyl (C=O) groups is 2. The largest absolute Gasteiger partial charge is 0.481 e. The van der Waals surface area contributed by atoms with Gasteiger partial charge in [-0.05, 0) is 50.0 Å². The number of rotatable bonds is 11. The van der Waals surface area contributed by atoms with Crippen LogP contribution in [0.5, 0.6) is 0 Å². The van der Waals surface area contributed by atoms with E-state index in [-0.39, 0.29) is 12.2 Å². The molecular weight excluding hydrogens is 288 g/mol. The van der Waals surface area contributed by atoms with Gasteiger partial charge in [-0.3, -0.25) is 9.59 Å². The third-order valence-corrected chi connectivity index (χ3v) is 4.22. The zero-order valence-corrected chi connectivity index (χ0v) is 14.3. The van der Waals surface area contributed by atoms with Crippen LogP contribution in [0, 0.1) is 5.92 Å². The van der Waals surface area contributed by atoms with E-state index in [0.29, 0.717) is 18.8 Å². The van der Waals surface area contributed by atoms with E-state index < -0.39 is 5.97 Å². The van der Waals surface area contributed by atoms with Crippen LogP contribution in [0.25, 0.3) is 0 Å². The van der Waals surface area contributed by atoms with Gasteiger partial charge in [0, 0.05) is 12.8 Å². The molecule has 0 spiro atoms. The maximum Gasteiger partial charge on any atom is 0.303 e. The molecule has 1 fully saturated rings. The quantitative estimate of drug-likeness (QED) is 0.322. The van der Waals surface area contributed by atoms with Gasteiger partial charge in [0.25, 0.3) is 0 Å². The fraction of sp³-hybridized carbons (Fsp3) is 0.600. The molecule has 3 heteroatoms. The summed E-state index contributed by atoms with van der Waals surface area (Å²) in [6, 6.07) is 0. The van der Waals surface area contributed by atoms with E-state index >= 15 is 0 Å². The van der Waals surface area contributed by atoms with Gasteiger partial charge in [0.15, 0.2) is 5.78 Å². The van der Waals surface area contributed by atoms with Crippen molar-refractivity contribution in [3.05, 3.63) is 36.0 Å². The van der Waals surface area contributed by atoms with E-state index in [1.54, 1.807) is 0 Å². The third kappa shape index (κ3) is 8.53. The van der Waals surface area contributed by atoms with Crippen LogP contribution in [-0.2, 0) is 9.59 Å². The van der Waals surface area contributed by atoms with Crippen molar-refractivity contribution in [2.24, 2.45) is 5.92 Å². The lowest BCUT2D eigenvalue weighted by Crippen LogP contribution is -2.00. The summed E-state index contributed by atoms with van der Waals surface area (Å²) in [4.78, 5) is 22.4. The van der Waals surface area contributed by atoms with Gasteiger partial charge in [-0.25, -0.2) is 0 Å². The van der Waals surface area contributed by atoms with Crippen molar-refractivity contribution < 1.29 is 14.7 Å². The van der Waals surface area contributed by atoms with Crippen LogP contribution in [0.15, 0.2) is 36.0 Å². The summed E-state index contributed by atoms with van der Waals surface area (Å²) < 4.78 is 0. The minimum absolute atomic E-state index is 0.222. The number of aliphatic carboxylic acids is 1. The Balaban J connectivity index is 2.37. The van der Waals surface area contributed by atoms with Crippen LogP contribution < -0.4 is 0 Å².